The molecule has 0 unspecified atom stereocenters. The van der Waals surface area contributed by atoms with Gasteiger partial charge in [-0.2, -0.15) is 0 Å². The molecule has 0 aliphatic heterocycles. The second-order valence-corrected chi connectivity index (χ2v) is 6.01. The largest absolute Gasteiger partial charge is 0.366 e. The summed E-state index contributed by atoms with van der Waals surface area (Å²) in [5, 5.41) is 2.89. The minimum absolute atomic E-state index is 0.114. The molecule has 0 saturated heterocycles. The van der Waals surface area contributed by atoms with Gasteiger partial charge in [0, 0.05) is 19.6 Å². The third-order valence-corrected chi connectivity index (χ3v) is 3.61. The summed E-state index contributed by atoms with van der Waals surface area (Å²) in [6, 6.07) is 14.1. The Kier molecular flexibility index (Phi) is 6.15. The molecule has 0 aliphatic rings. The first-order chi connectivity index (χ1) is 11.1. The molecule has 0 spiro atoms. The van der Waals surface area contributed by atoms with E-state index in [2.05, 4.69) is 48.1 Å². The van der Waals surface area contributed by atoms with Crippen molar-refractivity contribution in [3.8, 4) is 0 Å². The summed E-state index contributed by atoms with van der Waals surface area (Å²) in [6.07, 6.45) is 1.77. The van der Waals surface area contributed by atoms with Crippen LogP contribution in [0.15, 0.2) is 48.7 Å². The van der Waals surface area contributed by atoms with Gasteiger partial charge in [-0.05, 0) is 30.5 Å². The minimum atomic E-state index is -0.114. The predicted octanol–water partition coefficient (Wildman–Crippen LogP) is 3.49. The van der Waals surface area contributed by atoms with Gasteiger partial charge in [0.05, 0.1) is 11.9 Å². The molecule has 4 nitrogen and oxygen atoms in total. The summed E-state index contributed by atoms with van der Waals surface area (Å²) >= 11 is 0. The zero-order valence-corrected chi connectivity index (χ0v) is 14.1. The lowest BCUT2D eigenvalue weighted by molar-refractivity contribution is 0.0944. The van der Waals surface area contributed by atoms with Gasteiger partial charge >= 0.3 is 0 Å². The third kappa shape index (κ3) is 5.09. The Morgan fingerprint density at radius 3 is 2.48 bits per heavy atom. The lowest BCUT2D eigenvalue weighted by atomic mass is 10.2. The van der Waals surface area contributed by atoms with E-state index < -0.39 is 0 Å². The van der Waals surface area contributed by atoms with Crippen molar-refractivity contribution in [3.05, 3.63) is 59.9 Å². The van der Waals surface area contributed by atoms with Gasteiger partial charge in [-0.25, -0.2) is 4.98 Å². The average Bonchev–Trinajstić information content (AvgIpc) is 2.58. The smallest absolute Gasteiger partial charge is 0.269 e. The second-order valence-electron chi connectivity index (χ2n) is 6.01. The van der Waals surface area contributed by atoms with E-state index in [1.165, 1.54) is 5.56 Å². The normalized spacial score (nSPS) is 10.6. The van der Waals surface area contributed by atoms with Crippen LogP contribution < -0.4 is 10.2 Å². The van der Waals surface area contributed by atoms with E-state index in [0.29, 0.717) is 18.2 Å². The Morgan fingerprint density at radius 2 is 1.91 bits per heavy atom. The Bertz CT molecular complexity index is 608. The standard InChI is InChI=1S/C19H25N3O/c1-4-22(14-16-8-6-5-7-9-16)17-10-11-18(20-13-17)19(23)21-12-15(2)3/h5-11,13,15H,4,12,14H2,1-3H3,(H,21,23). The quantitative estimate of drug-likeness (QED) is 0.851. The molecule has 122 valence electrons. The number of pyridine rings is 1. The summed E-state index contributed by atoms with van der Waals surface area (Å²) in [7, 11) is 0. The van der Waals surface area contributed by atoms with Crippen LogP contribution in [0.1, 0.15) is 36.8 Å². The molecule has 0 atom stereocenters. The zero-order chi connectivity index (χ0) is 16.7. The van der Waals surface area contributed by atoms with Crippen LogP contribution in [0, 0.1) is 5.92 Å². The molecule has 1 aromatic carbocycles. The van der Waals surface area contributed by atoms with E-state index >= 15 is 0 Å². The van der Waals surface area contributed by atoms with E-state index in [1.807, 2.05) is 24.3 Å². The summed E-state index contributed by atoms with van der Waals surface area (Å²) in [5.41, 5.74) is 2.75. The van der Waals surface area contributed by atoms with Crippen molar-refractivity contribution in [2.24, 2.45) is 5.92 Å². The zero-order valence-electron chi connectivity index (χ0n) is 14.1. The molecule has 0 fully saturated rings. The maximum Gasteiger partial charge on any atom is 0.269 e. The number of nitrogens with zero attached hydrogens (tertiary/aromatic N) is 2. The van der Waals surface area contributed by atoms with Gasteiger partial charge < -0.3 is 10.2 Å². The number of anilines is 1. The molecule has 1 amide bonds. The van der Waals surface area contributed by atoms with Crippen molar-refractivity contribution in [2.75, 3.05) is 18.0 Å². The molecule has 1 heterocycles. The number of carbonyl (C=O) groups is 1. The molecule has 2 aromatic rings. The number of rotatable bonds is 7. The first-order valence-electron chi connectivity index (χ1n) is 8.13. The van der Waals surface area contributed by atoms with Crippen LogP contribution in [0.25, 0.3) is 0 Å². The number of benzene rings is 1. The molecule has 23 heavy (non-hydrogen) atoms. The number of carbonyl (C=O) groups excluding carboxylic acids is 1. The highest BCUT2D eigenvalue weighted by Gasteiger charge is 2.10. The summed E-state index contributed by atoms with van der Waals surface area (Å²) in [6.45, 7) is 8.63. The van der Waals surface area contributed by atoms with E-state index in [0.717, 1.165) is 18.8 Å². The maximum absolute atomic E-state index is 12.0. The number of aromatic nitrogens is 1. The molecule has 4 heteroatoms. The van der Waals surface area contributed by atoms with Crippen LogP contribution in [-0.4, -0.2) is 24.0 Å². The van der Waals surface area contributed by atoms with Crippen LogP contribution in [0.4, 0.5) is 5.69 Å². The molecule has 0 radical (unpaired) electrons. The van der Waals surface area contributed by atoms with Crippen LogP contribution in [-0.2, 0) is 6.54 Å². The number of hydrogen-bond donors (Lipinski definition) is 1. The molecule has 2 rings (SSSR count). The van der Waals surface area contributed by atoms with Crippen LogP contribution >= 0.6 is 0 Å². The third-order valence-electron chi connectivity index (χ3n) is 3.61. The fourth-order valence-corrected chi connectivity index (χ4v) is 2.28. The first kappa shape index (κ1) is 17.0. The SMILES string of the molecule is CCN(Cc1ccccc1)c1ccc(C(=O)NCC(C)C)nc1. The molecular weight excluding hydrogens is 286 g/mol. The Hall–Kier alpha value is -2.36. The fraction of sp³-hybridized carbons (Fsp3) is 0.368. The monoisotopic (exact) mass is 311 g/mol. The Labute approximate surface area is 138 Å². The molecule has 0 saturated carbocycles. The molecule has 1 aromatic heterocycles. The van der Waals surface area contributed by atoms with E-state index in [9.17, 15) is 4.79 Å². The van der Waals surface area contributed by atoms with Crippen LogP contribution in [0.3, 0.4) is 0 Å². The van der Waals surface area contributed by atoms with Gasteiger partial charge in [-0.15, -0.1) is 0 Å². The molecule has 0 aliphatic carbocycles. The summed E-state index contributed by atoms with van der Waals surface area (Å²) in [4.78, 5) is 18.6. The van der Waals surface area contributed by atoms with Gasteiger partial charge in [-0.3, -0.25) is 4.79 Å². The van der Waals surface area contributed by atoms with Crippen LogP contribution in [0.5, 0.6) is 0 Å². The van der Waals surface area contributed by atoms with Crippen molar-refractivity contribution in [1.29, 1.82) is 0 Å². The Morgan fingerprint density at radius 1 is 1.17 bits per heavy atom. The van der Waals surface area contributed by atoms with E-state index in [4.69, 9.17) is 0 Å². The van der Waals surface area contributed by atoms with Crippen molar-refractivity contribution in [2.45, 2.75) is 27.3 Å². The average molecular weight is 311 g/mol. The van der Waals surface area contributed by atoms with E-state index in [-0.39, 0.29) is 5.91 Å². The van der Waals surface area contributed by atoms with Gasteiger partial charge in [-0.1, -0.05) is 44.2 Å². The van der Waals surface area contributed by atoms with Crippen molar-refractivity contribution < 1.29 is 4.79 Å². The Balaban J connectivity index is 2.03. The van der Waals surface area contributed by atoms with Gasteiger partial charge in [0.2, 0.25) is 0 Å². The highest BCUT2D eigenvalue weighted by Crippen LogP contribution is 2.16. The fourth-order valence-electron chi connectivity index (χ4n) is 2.28. The van der Waals surface area contributed by atoms with Gasteiger partial charge in [0.1, 0.15) is 5.69 Å². The lowest BCUT2D eigenvalue weighted by Crippen LogP contribution is -2.28. The summed E-state index contributed by atoms with van der Waals surface area (Å²) in [5.74, 6) is 0.316. The van der Waals surface area contributed by atoms with Gasteiger partial charge in [0.25, 0.3) is 5.91 Å². The topological polar surface area (TPSA) is 45.2 Å². The van der Waals surface area contributed by atoms with Crippen molar-refractivity contribution in [3.63, 3.8) is 0 Å². The highest BCUT2D eigenvalue weighted by atomic mass is 16.1. The molecule has 1 N–H and O–H groups in total. The summed E-state index contributed by atoms with van der Waals surface area (Å²) < 4.78 is 0. The molecule has 0 bridgehead atoms. The molecular formula is C19H25N3O. The van der Waals surface area contributed by atoms with Crippen molar-refractivity contribution >= 4 is 11.6 Å². The maximum atomic E-state index is 12.0. The van der Waals surface area contributed by atoms with Crippen molar-refractivity contribution in [1.82, 2.24) is 10.3 Å². The number of hydrogen-bond acceptors (Lipinski definition) is 3. The lowest BCUT2D eigenvalue weighted by Gasteiger charge is -2.23. The predicted molar refractivity (Wildman–Crippen MR) is 94.6 cm³/mol. The first-order valence-corrected chi connectivity index (χ1v) is 8.13. The number of nitrogens with one attached hydrogen (secondary N) is 1. The van der Waals surface area contributed by atoms with E-state index in [1.54, 1.807) is 12.3 Å². The van der Waals surface area contributed by atoms with Crippen LogP contribution in [0.2, 0.25) is 0 Å². The van der Waals surface area contributed by atoms with Gasteiger partial charge in [0.15, 0.2) is 0 Å². The minimum Gasteiger partial charge on any atom is -0.366 e. The number of amides is 1. The second kappa shape index (κ2) is 8.32. The highest BCUT2D eigenvalue weighted by molar-refractivity contribution is 5.92.